The maximum absolute atomic E-state index is 14.4. The minimum absolute atomic E-state index is 0.0721. The maximum atomic E-state index is 14.4. The van der Waals surface area contributed by atoms with Gasteiger partial charge in [0, 0.05) is 59.3 Å². The van der Waals surface area contributed by atoms with E-state index in [-0.39, 0.29) is 41.6 Å². The summed E-state index contributed by atoms with van der Waals surface area (Å²) in [6, 6.07) is 21.5. The Morgan fingerprint density at radius 1 is 0.848 bits per heavy atom. The van der Waals surface area contributed by atoms with Gasteiger partial charge in [-0.15, -0.1) is 0 Å². The average molecular weight is 613 g/mol. The highest BCUT2D eigenvalue weighted by atomic mass is 16.3. The highest BCUT2D eigenvalue weighted by molar-refractivity contribution is 6.24. The molecule has 0 radical (unpaired) electrons. The van der Waals surface area contributed by atoms with Gasteiger partial charge in [-0.1, -0.05) is 78.4 Å². The van der Waals surface area contributed by atoms with E-state index in [9.17, 15) is 24.3 Å². The maximum Gasteiger partial charge on any atom is 0.233 e. The van der Waals surface area contributed by atoms with Crippen LogP contribution in [0.4, 0.5) is 0 Å². The molecular formula is C39H36N2O5. The quantitative estimate of drug-likeness (QED) is 0.233. The number of hydrogen-bond donors (Lipinski definition) is 1. The molecular weight excluding hydrogens is 576 g/mol. The number of ketones is 2. The van der Waals surface area contributed by atoms with Crippen molar-refractivity contribution in [1.82, 2.24) is 9.80 Å². The fourth-order valence-corrected chi connectivity index (χ4v) is 8.80. The van der Waals surface area contributed by atoms with E-state index in [1.54, 1.807) is 11.8 Å². The number of rotatable bonds is 4. The zero-order valence-corrected chi connectivity index (χ0v) is 25.8. The summed E-state index contributed by atoms with van der Waals surface area (Å²) >= 11 is 0. The van der Waals surface area contributed by atoms with Gasteiger partial charge in [-0.25, -0.2) is 0 Å². The summed E-state index contributed by atoms with van der Waals surface area (Å²) in [4.78, 5) is 59.5. The van der Waals surface area contributed by atoms with Gasteiger partial charge in [-0.05, 0) is 55.6 Å². The van der Waals surface area contributed by atoms with Crippen LogP contribution in [0.3, 0.4) is 0 Å². The zero-order chi connectivity index (χ0) is 31.7. The van der Waals surface area contributed by atoms with E-state index in [4.69, 9.17) is 0 Å². The lowest BCUT2D eigenvalue weighted by Gasteiger charge is -2.42. The third-order valence-corrected chi connectivity index (χ3v) is 11.0. The van der Waals surface area contributed by atoms with Crippen LogP contribution < -0.4 is 0 Å². The van der Waals surface area contributed by atoms with Crippen molar-refractivity contribution < 1.29 is 24.3 Å². The first kappa shape index (κ1) is 28.8. The molecule has 0 bridgehead atoms. The molecule has 2 fully saturated rings. The highest BCUT2D eigenvalue weighted by Gasteiger charge is 2.57. The minimum atomic E-state index is -0.668. The highest BCUT2D eigenvalue weighted by Crippen LogP contribution is 2.56. The summed E-state index contributed by atoms with van der Waals surface area (Å²) in [5.74, 6) is -2.77. The molecule has 3 aliphatic carbocycles. The second-order valence-electron chi connectivity index (χ2n) is 13.5. The van der Waals surface area contributed by atoms with Crippen molar-refractivity contribution in [1.29, 1.82) is 0 Å². The van der Waals surface area contributed by atoms with Gasteiger partial charge in [0.1, 0.15) is 5.75 Å². The molecule has 2 aliphatic heterocycles. The van der Waals surface area contributed by atoms with Crippen molar-refractivity contribution in [3.8, 4) is 5.75 Å². The van der Waals surface area contributed by atoms with Crippen LogP contribution in [0.15, 0.2) is 101 Å². The van der Waals surface area contributed by atoms with Crippen LogP contribution in [0.2, 0.25) is 0 Å². The number of Topliss-reactive ketones (excluding diaryl/α,β-unsaturated/α-hetero) is 1. The molecule has 7 nitrogen and oxygen atoms in total. The van der Waals surface area contributed by atoms with E-state index < -0.39 is 23.7 Å². The standard InChI is InChI=1S/C39H36N2O5/c1-22-19-32(42)35-31(36(22)43)20-30-27(33(35)28-12-11-24-9-5-6-10-26(24)37(28)44)13-14-29-34(30)39(46)41(38(29)45)25-15-17-40(18-16-25)21-23-7-3-2-4-8-23/h2-13,19,25,29-30,33-34,44H,14-18,20-21H2,1H3/t29-,30+,33+,34-/m0/s1. The summed E-state index contributed by atoms with van der Waals surface area (Å²) < 4.78 is 0. The number of phenols is 1. The van der Waals surface area contributed by atoms with Crippen LogP contribution in [0.1, 0.15) is 49.7 Å². The first-order valence-electron chi connectivity index (χ1n) is 16.4. The number of likely N-dealkylation sites (tertiary alicyclic amines) is 2. The Morgan fingerprint density at radius 2 is 1.59 bits per heavy atom. The van der Waals surface area contributed by atoms with Gasteiger partial charge in [-0.3, -0.25) is 29.0 Å². The summed E-state index contributed by atoms with van der Waals surface area (Å²) in [5, 5.41) is 13.1. The van der Waals surface area contributed by atoms with Crippen molar-refractivity contribution in [3.63, 3.8) is 0 Å². The van der Waals surface area contributed by atoms with Crippen molar-refractivity contribution in [2.45, 2.75) is 51.1 Å². The van der Waals surface area contributed by atoms with Gasteiger partial charge < -0.3 is 5.11 Å². The lowest BCUT2D eigenvalue weighted by atomic mass is 9.59. The lowest BCUT2D eigenvalue weighted by molar-refractivity contribution is -0.144. The summed E-state index contributed by atoms with van der Waals surface area (Å²) in [7, 11) is 0. The van der Waals surface area contributed by atoms with Crippen LogP contribution in [-0.4, -0.2) is 57.4 Å². The number of carbonyl (C=O) groups is 4. The number of phenolic OH excluding ortho intramolecular Hbond substituents is 1. The van der Waals surface area contributed by atoms with E-state index in [0.29, 0.717) is 34.1 Å². The molecule has 46 heavy (non-hydrogen) atoms. The van der Waals surface area contributed by atoms with Crippen molar-refractivity contribution in [2.75, 3.05) is 13.1 Å². The molecule has 2 saturated heterocycles. The minimum Gasteiger partial charge on any atom is -0.507 e. The smallest absolute Gasteiger partial charge is 0.233 e. The molecule has 0 saturated carbocycles. The van der Waals surface area contributed by atoms with Crippen LogP contribution >= 0.6 is 0 Å². The van der Waals surface area contributed by atoms with Gasteiger partial charge in [0.25, 0.3) is 0 Å². The molecule has 1 N–H and O–H groups in total. The number of fused-ring (bicyclic) bond motifs is 4. The Balaban J connectivity index is 1.13. The lowest BCUT2D eigenvalue weighted by Crippen LogP contribution is -2.47. The predicted octanol–water partition coefficient (Wildman–Crippen LogP) is 5.64. The molecule has 2 heterocycles. The Kier molecular flexibility index (Phi) is 6.91. The largest absolute Gasteiger partial charge is 0.507 e. The SMILES string of the molecule is CC1=CC(=O)C2=C(C[C@@H]3C(=CC[C@@H]4C(=O)N(C5CCN(Cc6ccccc6)CC5)C(=O)[C@@H]43)[C@@H]2c2ccc3ccccc3c2O)C1=O. The molecule has 0 unspecified atom stereocenters. The van der Waals surface area contributed by atoms with Crippen molar-refractivity contribution in [2.24, 2.45) is 17.8 Å². The number of aromatic hydroxyl groups is 1. The Labute approximate surface area is 267 Å². The summed E-state index contributed by atoms with van der Waals surface area (Å²) in [6.45, 7) is 4.11. The third-order valence-electron chi connectivity index (χ3n) is 11.0. The molecule has 7 heteroatoms. The number of imide groups is 1. The third kappa shape index (κ3) is 4.43. The van der Waals surface area contributed by atoms with E-state index in [0.717, 1.165) is 43.4 Å². The monoisotopic (exact) mass is 612 g/mol. The van der Waals surface area contributed by atoms with Gasteiger partial charge in [0.15, 0.2) is 11.6 Å². The van der Waals surface area contributed by atoms with E-state index in [2.05, 4.69) is 17.0 Å². The Morgan fingerprint density at radius 3 is 2.37 bits per heavy atom. The predicted molar refractivity (Wildman–Crippen MR) is 174 cm³/mol. The van der Waals surface area contributed by atoms with Crippen LogP contribution in [0.25, 0.3) is 10.8 Å². The molecule has 3 aromatic carbocycles. The van der Waals surface area contributed by atoms with Crippen LogP contribution in [0.5, 0.6) is 5.75 Å². The fourth-order valence-electron chi connectivity index (χ4n) is 8.80. The molecule has 0 spiro atoms. The first-order chi connectivity index (χ1) is 22.3. The second-order valence-corrected chi connectivity index (χ2v) is 13.5. The van der Waals surface area contributed by atoms with Crippen molar-refractivity contribution >= 4 is 34.2 Å². The number of amides is 2. The van der Waals surface area contributed by atoms with Gasteiger partial charge in [0.05, 0.1) is 11.8 Å². The zero-order valence-electron chi connectivity index (χ0n) is 25.8. The van der Waals surface area contributed by atoms with Gasteiger partial charge in [-0.2, -0.15) is 0 Å². The van der Waals surface area contributed by atoms with E-state index in [1.165, 1.54) is 11.6 Å². The number of piperidine rings is 1. The Bertz CT molecular complexity index is 1910. The Hall–Kier alpha value is -4.62. The fraction of sp³-hybridized carbons (Fsp3) is 0.333. The molecule has 5 aliphatic rings. The number of nitrogens with zero attached hydrogens (tertiary/aromatic N) is 2. The molecule has 2 amide bonds. The number of carbonyl (C=O) groups excluding carboxylic acids is 4. The topological polar surface area (TPSA) is 95.0 Å². The van der Waals surface area contributed by atoms with Gasteiger partial charge >= 0.3 is 0 Å². The number of benzene rings is 3. The number of hydrogen-bond acceptors (Lipinski definition) is 6. The molecule has 3 aromatic rings. The van der Waals surface area contributed by atoms with Crippen LogP contribution in [-0.2, 0) is 25.7 Å². The van der Waals surface area contributed by atoms with Gasteiger partial charge in [0.2, 0.25) is 11.8 Å². The second kappa shape index (κ2) is 11.0. The van der Waals surface area contributed by atoms with E-state index >= 15 is 0 Å². The van der Waals surface area contributed by atoms with Crippen molar-refractivity contribution in [3.05, 3.63) is 112 Å². The molecule has 4 atom stereocenters. The van der Waals surface area contributed by atoms with Crippen LogP contribution in [0, 0.1) is 17.8 Å². The first-order valence-corrected chi connectivity index (χ1v) is 16.4. The van der Waals surface area contributed by atoms with E-state index in [1.807, 2.05) is 60.7 Å². The molecule has 232 valence electrons. The molecule has 8 rings (SSSR count). The molecule has 0 aromatic heterocycles. The average Bonchev–Trinajstić information content (AvgIpc) is 3.33. The summed E-state index contributed by atoms with van der Waals surface area (Å²) in [5.41, 5.74) is 3.84. The number of allylic oxidation sites excluding steroid dienone is 6. The summed E-state index contributed by atoms with van der Waals surface area (Å²) in [6.07, 6.45) is 5.52. The normalized spacial score (nSPS) is 27.0.